The van der Waals surface area contributed by atoms with Crippen LogP contribution < -0.4 is 15.5 Å². The Labute approximate surface area is 245 Å². The van der Waals surface area contributed by atoms with E-state index in [1.807, 2.05) is 86.6 Å². The Kier molecular flexibility index (Phi) is 8.75. The van der Waals surface area contributed by atoms with E-state index in [4.69, 9.17) is 0 Å². The summed E-state index contributed by atoms with van der Waals surface area (Å²) in [5.74, 6) is 0.193. The fourth-order valence-electron chi connectivity index (χ4n) is 5.32. The van der Waals surface area contributed by atoms with Gasteiger partial charge in [0, 0.05) is 29.8 Å². The molecule has 0 saturated carbocycles. The summed E-state index contributed by atoms with van der Waals surface area (Å²) in [5, 5.41) is 30.3. The first-order valence-electron chi connectivity index (χ1n) is 14.2. The van der Waals surface area contributed by atoms with E-state index in [0.29, 0.717) is 31.8 Å². The maximum absolute atomic E-state index is 13.9. The highest BCUT2D eigenvalue weighted by atomic mass is 16.3. The van der Waals surface area contributed by atoms with Gasteiger partial charge in [-0.15, -0.1) is 10.2 Å². The molecule has 0 spiro atoms. The largest absolute Gasteiger partial charge is 0.392 e. The number of carbonyl (C=O) groups excluding carboxylic acids is 2. The van der Waals surface area contributed by atoms with Crippen LogP contribution in [0.3, 0.4) is 0 Å². The maximum Gasteiger partial charge on any atom is 0.249 e. The molecule has 4 aromatic rings. The van der Waals surface area contributed by atoms with Gasteiger partial charge in [0.05, 0.1) is 12.6 Å². The summed E-state index contributed by atoms with van der Waals surface area (Å²) in [5.41, 5.74) is 5.24. The van der Waals surface area contributed by atoms with E-state index < -0.39 is 17.7 Å². The van der Waals surface area contributed by atoms with E-state index in [1.165, 1.54) is 0 Å². The minimum absolute atomic E-state index is 0.130. The molecule has 1 aliphatic heterocycles. The Balaban J connectivity index is 1.34. The number of aliphatic hydroxyl groups excluding tert-OH is 1. The lowest BCUT2D eigenvalue weighted by molar-refractivity contribution is -0.128. The SMILES string of the molecule is CC(O)CNC(C)(C)CC(=O)NC1CCc2ccccc2N(Cc2ccc(-c3ccccc3-c3nn[nH]n3)cc2)C1=O. The van der Waals surface area contributed by atoms with Crippen LogP contribution in [0.5, 0.6) is 0 Å². The van der Waals surface area contributed by atoms with Crippen LogP contribution in [0.1, 0.15) is 44.7 Å². The number of hydrogen-bond acceptors (Lipinski definition) is 7. The van der Waals surface area contributed by atoms with Gasteiger partial charge in [-0.05, 0) is 67.1 Å². The molecular weight excluding hydrogens is 530 g/mol. The van der Waals surface area contributed by atoms with Crippen molar-refractivity contribution in [3.05, 3.63) is 83.9 Å². The third kappa shape index (κ3) is 6.89. The lowest BCUT2D eigenvalue weighted by atomic mass is 9.98. The number of H-pyrrole nitrogens is 1. The highest BCUT2D eigenvalue weighted by molar-refractivity contribution is 6.00. The van der Waals surface area contributed by atoms with Crippen molar-refractivity contribution in [2.45, 2.75) is 64.3 Å². The predicted molar refractivity (Wildman–Crippen MR) is 161 cm³/mol. The molecule has 0 saturated heterocycles. The summed E-state index contributed by atoms with van der Waals surface area (Å²) in [6, 6.07) is 23.3. The molecule has 2 heterocycles. The number of anilines is 1. The number of nitrogens with one attached hydrogen (secondary N) is 3. The molecule has 0 fully saturated rings. The van der Waals surface area contributed by atoms with Crippen molar-refractivity contribution in [2.75, 3.05) is 11.4 Å². The summed E-state index contributed by atoms with van der Waals surface area (Å²) in [4.78, 5) is 28.8. The van der Waals surface area contributed by atoms with Gasteiger partial charge in [0.25, 0.3) is 0 Å². The number of β-amino-alcohol motifs (C(OH)–C–C–N with tert-alkyl or cyclic N) is 1. The van der Waals surface area contributed by atoms with E-state index in [1.54, 1.807) is 11.8 Å². The zero-order valence-electron chi connectivity index (χ0n) is 24.2. The number of rotatable bonds is 10. The quantitative estimate of drug-likeness (QED) is 0.230. The van der Waals surface area contributed by atoms with Crippen LogP contribution in [-0.4, -0.2) is 61.8 Å². The Hall–Kier alpha value is -4.41. The molecule has 2 atom stereocenters. The molecule has 0 aliphatic carbocycles. The molecule has 1 aromatic heterocycles. The Morgan fingerprint density at radius 2 is 1.79 bits per heavy atom. The first-order valence-corrected chi connectivity index (χ1v) is 14.2. The minimum Gasteiger partial charge on any atom is -0.392 e. The van der Waals surface area contributed by atoms with Crippen LogP contribution in [0.15, 0.2) is 72.8 Å². The van der Waals surface area contributed by atoms with E-state index in [2.05, 4.69) is 31.3 Å². The molecule has 0 bridgehead atoms. The zero-order chi connectivity index (χ0) is 29.7. The number of aromatic amines is 1. The van der Waals surface area contributed by atoms with Gasteiger partial charge < -0.3 is 20.6 Å². The van der Waals surface area contributed by atoms with E-state index >= 15 is 0 Å². The van der Waals surface area contributed by atoms with Crippen molar-refractivity contribution < 1.29 is 14.7 Å². The number of nitrogens with zero attached hydrogens (tertiary/aromatic N) is 4. The normalized spacial score (nSPS) is 16.0. The van der Waals surface area contributed by atoms with E-state index in [0.717, 1.165) is 33.5 Å². The monoisotopic (exact) mass is 567 g/mol. The minimum atomic E-state index is -0.640. The number of amides is 2. The number of benzene rings is 3. The molecular formula is C32H37N7O3. The van der Waals surface area contributed by atoms with Crippen molar-refractivity contribution in [2.24, 2.45) is 0 Å². The molecule has 2 amide bonds. The van der Waals surface area contributed by atoms with Crippen molar-refractivity contribution in [1.29, 1.82) is 0 Å². The fraction of sp³-hybridized carbons (Fsp3) is 0.344. The average molecular weight is 568 g/mol. The standard InChI is InChI=1S/C32H37N7O3/c1-21(40)19-33-32(2,3)18-29(41)34-27-17-16-24-8-4-7-11-28(24)39(31(27)42)20-22-12-14-23(15-13-22)25-9-5-6-10-26(25)30-35-37-38-36-30/h4-15,21,27,33,40H,16-20H2,1-3H3,(H,34,41)(H,35,36,37,38). The first kappa shape index (κ1) is 29.1. The second kappa shape index (κ2) is 12.6. The Bertz CT molecular complexity index is 1520. The second-order valence-electron chi connectivity index (χ2n) is 11.5. The van der Waals surface area contributed by atoms with Gasteiger partial charge in [0.15, 0.2) is 0 Å². The number of aliphatic hydroxyl groups is 1. The van der Waals surface area contributed by atoms with Crippen molar-refractivity contribution >= 4 is 17.5 Å². The number of aromatic nitrogens is 4. The lowest BCUT2D eigenvalue weighted by Gasteiger charge is -2.29. The molecule has 10 nitrogen and oxygen atoms in total. The molecule has 10 heteroatoms. The van der Waals surface area contributed by atoms with Crippen LogP contribution in [0.4, 0.5) is 5.69 Å². The molecule has 218 valence electrons. The maximum atomic E-state index is 13.9. The summed E-state index contributed by atoms with van der Waals surface area (Å²) < 4.78 is 0. The third-order valence-corrected chi connectivity index (χ3v) is 7.48. The van der Waals surface area contributed by atoms with Crippen LogP contribution in [-0.2, 0) is 22.6 Å². The highest BCUT2D eigenvalue weighted by Gasteiger charge is 2.32. The van der Waals surface area contributed by atoms with Crippen molar-refractivity contribution in [1.82, 2.24) is 31.3 Å². The number of carbonyl (C=O) groups is 2. The molecule has 2 unspecified atom stereocenters. The number of fused-ring (bicyclic) bond motifs is 1. The summed E-state index contributed by atoms with van der Waals surface area (Å²) in [7, 11) is 0. The van der Waals surface area contributed by atoms with Gasteiger partial charge in [-0.25, -0.2) is 0 Å². The molecule has 3 aromatic carbocycles. The molecule has 1 aliphatic rings. The van der Waals surface area contributed by atoms with Gasteiger partial charge in [-0.2, -0.15) is 5.21 Å². The zero-order valence-corrected chi connectivity index (χ0v) is 24.2. The summed E-state index contributed by atoms with van der Waals surface area (Å²) in [6.07, 6.45) is 0.866. The Morgan fingerprint density at radius 3 is 2.50 bits per heavy atom. The molecule has 4 N–H and O–H groups in total. The molecule has 42 heavy (non-hydrogen) atoms. The Morgan fingerprint density at radius 1 is 1.07 bits per heavy atom. The number of aryl methyl sites for hydroxylation is 1. The lowest BCUT2D eigenvalue weighted by Crippen LogP contribution is -2.51. The smallest absolute Gasteiger partial charge is 0.249 e. The molecule has 0 radical (unpaired) electrons. The van der Waals surface area contributed by atoms with Gasteiger partial charge in [-0.1, -0.05) is 66.7 Å². The van der Waals surface area contributed by atoms with Gasteiger partial charge in [-0.3, -0.25) is 9.59 Å². The topological polar surface area (TPSA) is 136 Å². The molecule has 5 rings (SSSR count). The highest BCUT2D eigenvalue weighted by Crippen LogP contribution is 2.32. The van der Waals surface area contributed by atoms with E-state index in [-0.39, 0.29) is 18.2 Å². The summed E-state index contributed by atoms with van der Waals surface area (Å²) >= 11 is 0. The van der Waals surface area contributed by atoms with Crippen molar-refractivity contribution in [3.63, 3.8) is 0 Å². The number of hydrogen-bond donors (Lipinski definition) is 4. The van der Waals surface area contributed by atoms with E-state index in [9.17, 15) is 14.7 Å². The van der Waals surface area contributed by atoms with Crippen LogP contribution in [0, 0.1) is 0 Å². The number of para-hydroxylation sites is 1. The number of tetrazole rings is 1. The fourth-order valence-corrected chi connectivity index (χ4v) is 5.32. The average Bonchev–Trinajstić information content (AvgIpc) is 3.48. The second-order valence-corrected chi connectivity index (χ2v) is 11.5. The predicted octanol–water partition coefficient (Wildman–Crippen LogP) is 3.64. The van der Waals surface area contributed by atoms with Gasteiger partial charge in [0.1, 0.15) is 6.04 Å². The van der Waals surface area contributed by atoms with Crippen LogP contribution in [0.25, 0.3) is 22.5 Å². The third-order valence-electron chi connectivity index (χ3n) is 7.48. The van der Waals surface area contributed by atoms with Gasteiger partial charge >= 0.3 is 0 Å². The van der Waals surface area contributed by atoms with Crippen molar-refractivity contribution in [3.8, 4) is 22.5 Å². The first-order chi connectivity index (χ1) is 20.2. The van der Waals surface area contributed by atoms with Crippen LogP contribution >= 0.6 is 0 Å². The summed E-state index contributed by atoms with van der Waals surface area (Å²) in [6.45, 7) is 6.28. The van der Waals surface area contributed by atoms with Crippen LogP contribution in [0.2, 0.25) is 0 Å². The van der Waals surface area contributed by atoms with Gasteiger partial charge in [0.2, 0.25) is 17.6 Å².